The molecule has 0 atom stereocenters. The summed E-state index contributed by atoms with van der Waals surface area (Å²) in [5.41, 5.74) is 2.25. The molecule has 5 heteroatoms. The number of fused-ring (bicyclic) bond motifs is 1. The molecule has 0 unspecified atom stereocenters. The van der Waals surface area contributed by atoms with Gasteiger partial charge in [0, 0.05) is 17.9 Å². The molecule has 1 amide bonds. The van der Waals surface area contributed by atoms with Crippen molar-refractivity contribution in [1.29, 1.82) is 0 Å². The molecule has 120 valence electrons. The van der Waals surface area contributed by atoms with Crippen LogP contribution in [-0.2, 0) is 0 Å². The van der Waals surface area contributed by atoms with Crippen LogP contribution in [0.1, 0.15) is 48.2 Å². The summed E-state index contributed by atoms with van der Waals surface area (Å²) in [4.78, 5) is 17.2. The minimum Gasteiger partial charge on any atom is -0.349 e. The van der Waals surface area contributed by atoms with E-state index in [1.54, 1.807) is 16.9 Å². The number of carbonyl (C=O) groups is 1. The summed E-state index contributed by atoms with van der Waals surface area (Å²) >= 11 is 0. The second-order valence-electron chi connectivity index (χ2n) is 7.81. The zero-order valence-corrected chi connectivity index (χ0v) is 13.4. The predicted molar refractivity (Wildman–Crippen MR) is 86.0 cm³/mol. The van der Waals surface area contributed by atoms with Crippen molar-refractivity contribution in [2.75, 3.05) is 0 Å². The summed E-state index contributed by atoms with van der Waals surface area (Å²) in [6.45, 7) is 1.97. The van der Waals surface area contributed by atoms with E-state index in [-0.39, 0.29) is 5.91 Å². The predicted octanol–water partition coefficient (Wildman–Crippen LogP) is 2.59. The monoisotopic (exact) mass is 310 g/mol. The van der Waals surface area contributed by atoms with Crippen LogP contribution in [0.2, 0.25) is 0 Å². The minimum atomic E-state index is -0.00410. The molecule has 0 saturated heterocycles. The fraction of sp³-hybridized carbons (Fsp3) is 0.611. The zero-order valence-electron chi connectivity index (χ0n) is 13.4. The first-order valence-corrected chi connectivity index (χ1v) is 8.79. The molecule has 4 aliphatic rings. The number of nitrogens with zero attached hydrogens (tertiary/aromatic N) is 3. The van der Waals surface area contributed by atoms with Gasteiger partial charge in [0.05, 0.1) is 6.20 Å². The Bertz CT molecular complexity index is 752. The van der Waals surface area contributed by atoms with E-state index in [1.165, 1.54) is 32.1 Å². The van der Waals surface area contributed by atoms with E-state index in [0.29, 0.717) is 29.1 Å². The second kappa shape index (κ2) is 4.79. The van der Waals surface area contributed by atoms with Crippen molar-refractivity contribution in [2.45, 2.75) is 45.1 Å². The van der Waals surface area contributed by atoms with E-state index < -0.39 is 0 Å². The van der Waals surface area contributed by atoms with Gasteiger partial charge in [-0.1, -0.05) is 0 Å². The Balaban J connectivity index is 1.42. The second-order valence-corrected chi connectivity index (χ2v) is 7.81. The third kappa shape index (κ3) is 2.02. The van der Waals surface area contributed by atoms with Gasteiger partial charge in [0.2, 0.25) is 0 Å². The number of hydrogen-bond donors (Lipinski definition) is 1. The summed E-state index contributed by atoms with van der Waals surface area (Å²) in [6, 6.07) is 2.26. The Kier molecular flexibility index (Phi) is 2.82. The number of nitrogens with one attached hydrogen (secondary N) is 1. The third-order valence-corrected chi connectivity index (χ3v) is 6.36. The molecule has 4 fully saturated rings. The van der Waals surface area contributed by atoms with Crippen LogP contribution in [0.3, 0.4) is 0 Å². The van der Waals surface area contributed by atoms with Gasteiger partial charge in [-0.2, -0.15) is 5.10 Å². The van der Waals surface area contributed by atoms with Crippen LogP contribution in [-0.4, -0.2) is 26.5 Å². The SMILES string of the molecule is Cc1ccnc2c(C(=O)NC3C4CC5CC(C4)CC3C5)cnn12. The maximum Gasteiger partial charge on any atom is 0.257 e. The molecule has 2 aromatic heterocycles. The number of aromatic nitrogens is 3. The van der Waals surface area contributed by atoms with Gasteiger partial charge >= 0.3 is 0 Å². The summed E-state index contributed by atoms with van der Waals surface area (Å²) < 4.78 is 1.74. The standard InChI is InChI=1S/C18H22N4O/c1-10-2-3-19-17-15(9-20-22(10)17)18(23)21-16-13-5-11-4-12(7-13)8-14(16)6-11/h2-3,9,11-14,16H,4-8H2,1H3,(H,21,23). The van der Waals surface area contributed by atoms with E-state index in [1.807, 2.05) is 13.0 Å². The number of hydrogen-bond acceptors (Lipinski definition) is 3. The highest BCUT2D eigenvalue weighted by Crippen LogP contribution is 2.53. The van der Waals surface area contributed by atoms with Gasteiger partial charge in [-0.3, -0.25) is 4.79 Å². The molecule has 0 aromatic carbocycles. The first kappa shape index (κ1) is 13.5. The van der Waals surface area contributed by atoms with E-state index in [9.17, 15) is 4.79 Å². The summed E-state index contributed by atoms with van der Waals surface area (Å²) in [6.07, 6.45) is 10.1. The molecule has 4 bridgehead atoms. The largest absolute Gasteiger partial charge is 0.349 e. The first-order chi connectivity index (χ1) is 11.2. The van der Waals surface area contributed by atoms with E-state index >= 15 is 0 Å². The van der Waals surface area contributed by atoms with Gasteiger partial charge in [0.25, 0.3) is 5.91 Å². The Morgan fingerprint density at radius 3 is 2.57 bits per heavy atom. The molecule has 5 nitrogen and oxygen atoms in total. The summed E-state index contributed by atoms with van der Waals surface area (Å²) in [7, 11) is 0. The van der Waals surface area contributed by atoms with E-state index in [2.05, 4.69) is 15.4 Å². The lowest BCUT2D eigenvalue weighted by Gasteiger charge is -2.54. The van der Waals surface area contributed by atoms with Crippen LogP contribution in [0.25, 0.3) is 5.65 Å². The highest BCUT2D eigenvalue weighted by atomic mass is 16.1. The lowest BCUT2D eigenvalue weighted by molar-refractivity contribution is -0.0119. The third-order valence-electron chi connectivity index (χ3n) is 6.36. The first-order valence-electron chi connectivity index (χ1n) is 8.79. The summed E-state index contributed by atoms with van der Waals surface area (Å²) in [5, 5.41) is 7.66. The van der Waals surface area contributed by atoms with Crippen LogP contribution in [0.4, 0.5) is 0 Å². The van der Waals surface area contributed by atoms with Gasteiger partial charge < -0.3 is 5.32 Å². The van der Waals surface area contributed by atoms with Crippen LogP contribution in [0.5, 0.6) is 0 Å². The quantitative estimate of drug-likeness (QED) is 0.927. The van der Waals surface area contributed by atoms with E-state index in [4.69, 9.17) is 0 Å². The molecule has 2 aromatic rings. The Morgan fingerprint density at radius 2 is 1.87 bits per heavy atom. The van der Waals surface area contributed by atoms with Gasteiger partial charge in [-0.25, -0.2) is 9.50 Å². The van der Waals surface area contributed by atoms with Crippen LogP contribution < -0.4 is 5.32 Å². The van der Waals surface area contributed by atoms with Gasteiger partial charge in [0.1, 0.15) is 5.56 Å². The minimum absolute atomic E-state index is 0.00410. The Morgan fingerprint density at radius 1 is 1.17 bits per heavy atom. The normalized spacial score (nSPS) is 34.9. The molecule has 0 aliphatic heterocycles. The van der Waals surface area contributed by atoms with Crippen molar-refractivity contribution in [3.8, 4) is 0 Å². The highest BCUT2D eigenvalue weighted by molar-refractivity contribution is 5.99. The van der Waals surface area contributed by atoms with Crippen LogP contribution >= 0.6 is 0 Å². The molecular weight excluding hydrogens is 288 g/mol. The number of rotatable bonds is 2. The van der Waals surface area contributed by atoms with Gasteiger partial charge in [-0.15, -0.1) is 0 Å². The fourth-order valence-corrected chi connectivity index (χ4v) is 5.56. The van der Waals surface area contributed by atoms with Gasteiger partial charge in [-0.05, 0) is 68.8 Å². The lowest BCUT2D eigenvalue weighted by Crippen LogP contribution is -2.55. The maximum atomic E-state index is 12.8. The molecule has 6 rings (SSSR count). The Labute approximate surface area is 135 Å². The summed E-state index contributed by atoms with van der Waals surface area (Å²) in [5.74, 6) is 3.22. The smallest absolute Gasteiger partial charge is 0.257 e. The molecule has 1 N–H and O–H groups in total. The van der Waals surface area contributed by atoms with Crippen molar-refractivity contribution < 1.29 is 4.79 Å². The number of amides is 1. The van der Waals surface area contributed by atoms with Crippen molar-refractivity contribution in [3.05, 3.63) is 29.7 Å². The maximum absolute atomic E-state index is 12.8. The molecule has 0 radical (unpaired) electrons. The molecular formula is C18H22N4O. The van der Waals surface area contributed by atoms with Crippen molar-refractivity contribution >= 4 is 11.6 Å². The van der Waals surface area contributed by atoms with E-state index in [0.717, 1.165) is 17.5 Å². The molecule has 2 heterocycles. The van der Waals surface area contributed by atoms with Crippen LogP contribution in [0, 0.1) is 30.6 Å². The molecule has 23 heavy (non-hydrogen) atoms. The van der Waals surface area contributed by atoms with Crippen molar-refractivity contribution in [2.24, 2.45) is 23.7 Å². The fourth-order valence-electron chi connectivity index (χ4n) is 5.56. The topological polar surface area (TPSA) is 59.3 Å². The van der Waals surface area contributed by atoms with Crippen LogP contribution in [0.15, 0.2) is 18.5 Å². The average Bonchev–Trinajstić information content (AvgIpc) is 2.95. The molecule has 0 spiro atoms. The van der Waals surface area contributed by atoms with Crippen molar-refractivity contribution in [1.82, 2.24) is 19.9 Å². The molecule has 4 saturated carbocycles. The Hall–Kier alpha value is -1.91. The van der Waals surface area contributed by atoms with Crippen molar-refractivity contribution in [3.63, 3.8) is 0 Å². The van der Waals surface area contributed by atoms with Gasteiger partial charge in [0.15, 0.2) is 5.65 Å². The average molecular weight is 310 g/mol. The lowest BCUT2D eigenvalue weighted by atomic mass is 9.54. The highest BCUT2D eigenvalue weighted by Gasteiger charge is 2.48. The molecule has 4 aliphatic carbocycles. The number of aryl methyl sites for hydroxylation is 1. The zero-order chi connectivity index (χ0) is 15.6. The number of carbonyl (C=O) groups excluding carboxylic acids is 1.